The minimum Gasteiger partial charge on any atom is -1.00 e. The molecular formula is C4H14Cl2N2. The Balaban J connectivity index is -0.000000125. The molecule has 2 nitrogen and oxygen atoms in total. The second-order valence-corrected chi connectivity index (χ2v) is 1.60. The van der Waals surface area contributed by atoms with Crippen LogP contribution in [0, 0.1) is 0 Å². The predicted molar refractivity (Wildman–Crippen MR) is 25.1 cm³/mol. The summed E-state index contributed by atoms with van der Waals surface area (Å²) in [6, 6.07) is 0.699. The second kappa shape index (κ2) is 10.5. The number of halogens is 2. The summed E-state index contributed by atoms with van der Waals surface area (Å²) in [5, 5.41) is 2.16. The molecule has 0 bridgehead atoms. The van der Waals surface area contributed by atoms with Gasteiger partial charge in [0, 0.05) is 0 Å². The molecule has 0 rings (SSSR count). The Bertz CT molecular complexity index is 31.2. The number of hydrogen-bond donors (Lipinski definition) is 2. The Morgan fingerprint density at radius 3 is 1.88 bits per heavy atom. The molecule has 0 aliphatic rings. The van der Waals surface area contributed by atoms with E-state index in [1.54, 1.807) is 0 Å². The van der Waals surface area contributed by atoms with Crippen molar-refractivity contribution in [2.45, 2.75) is 13.0 Å². The highest BCUT2D eigenvalue weighted by Gasteiger charge is 1.94. The van der Waals surface area contributed by atoms with Gasteiger partial charge in [-0.3, -0.25) is 0 Å². The molecular weight excluding hydrogens is 147 g/mol. The fourth-order valence-electron chi connectivity index (χ4n) is 0.167. The van der Waals surface area contributed by atoms with E-state index in [0.29, 0.717) is 6.04 Å². The number of hydrogen-bond acceptors (Lipinski definition) is 0. The summed E-state index contributed by atoms with van der Waals surface area (Å²) in [6.07, 6.45) is 0. The van der Waals surface area contributed by atoms with Crippen LogP contribution in [0.3, 0.4) is 0 Å². The standard InChI is InChI=1S/C4H12N2.2ClH/c1-4(3-5)6-2;;/h4,6H,3,5H2,1-2H3;2*1H. The Morgan fingerprint density at radius 2 is 1.88 bits per heavy atom. The third-order valence-corrected chi connectivity index (χ3v) is 1.02. The molecule has 5 N–H and O–H groups in total. The Hall–Kier alpha value is 0.500. The van der Waals surface area contributed by atoms with E-state index in [-0.39, 0.29) is 24.8 Å². The summed E-state index contributed by atoms with van der Waals surface area (Å²) < 4.78 is 0. The lowest BCUT2D eigenvalue weighted by molar-refractivity contribution is -0.678. The molecule has 0 saturated heterocycles. The third-order valence-electron chi connectivity index (χ3n) is 1.02. The molecule has 0 fully saturated rings. The van der Waals surface area contributed by atoms with Crippen LogP contribution in [-0.4, -0.2) is 19.6 Å². The largest absolute Gasteiger partial charge is 1.00 e. The molecule has 1 unspecified atom stereocenters. The maximum absolute atomic E-state index is 3.73. The lowest BCUT2D eigenvalue weighted by Gasteiger charge is -1.96. The predicted octanol–water partition coefficient (Wildman–Crippen LogP) is -8.18. The van der Waals surface area contributed by atoms with Crippen LogP contribution < -0.4 is 35.9 Å². The van der Waals surface area contributed by atoms with Gasteiger partial charge < -0.3 is 35.9 Å². The van der Waals surface area contributed by atoms with Crippen LogP contribution in [0.5, 0.6) is 0 Å². The summed E-state index contributed by atoms with van der Waals surface area (Å²) in [5.41, 5.74) is 3.73. The molecule has 0 radical (unpaired) electrons. The van der Waals surface area contributed by atoms with Crippen molar-refractivity contribution >= 4 is 0 Å². The van der Waals surface area contributed by atoms with Crippen molar-refractivity contribution in [1.29, 1.82) is 0 Å². The minimum atomic E-state index is 0. The molecule has 8 heavy (non-hydrogen) atoms. The Labute approximate surface area is 63.0 Å². The summed E-state index contributed by atoms with van der Waals surface area (Å²) >= 11 is 0. The SMILES string of the molecule is C[NH2+]C(C)C[NH3+].[Cl-].[Cl-]. The highest BCUT2D eigenvalue weighted by molar-refractivity contribution is 4.31. The summed E-state index contributed by atoms with van der Waals surface area (Å²) in [5.74, 6) is 0. The van der Waals surface area contributed by atoms with Crippen molar-refractivity contribution in [3.8, 4) is 0 Å². The summed E-state index contributed by atoms with van der Waals surface area (Å²) in [4.78, 5) is 0. The zero-order chi connectivity index (χ0) is 4.99. The van der Waals surface area contributed by atoms with Crippen molar-refractivity contribution in [3.05, 3.63) is 0 Å². The van der Waals surface area contributed by atoms with Crippen LogP contribution in [0.2, 0.25) is 0 Å². The van der Waals surface area contributed by atoms with E-state index in [2.05, 4.69) is 25.0 Å². The molecule has 0 saturated carbocycles. The minimum absolute atomic E-state index is 0. The van der Waals surface area contributed by atoms with Crippen molar-refractivity contribution in [2.75, 3.05) is 13.6 Å². The average Bonchev–Trinajstić information content (AvgIpc) is 1.65. The zero-order valence-electron chi connectivity index (χ0n) is 5.32. The van der Waals surface area contributed by atoms with E-state index >= 15 is 0 Å². The van der Waals surface area contributed by atoms with Crippen LogP contribution in [0.1, 0.15) is 6.92 Å². The molecule has 1 atom stereocenters. The first-order chi connectivity index (χ1) is 2.81. The van der Waals surface area contributed by atoms with E-state index < -0.39 is 0 Å². The lowest BCUT2D eigenvalue weighted by Crippen LogP contribution is -3.00. The molecule has 0 heterocycles. The highest BCUT2D eigenvalue weighted by atomic mass is 35.5. The van der Waals surface area contributed by atoms with Gasteiger partial charge in [0.2, 0.25) is 0 Å². The van der Waals surface area contributed by atoms with E-state index in [1.807, 2.05) is 0 Å². The van der Waals surface area contributed by atoms with Crippen LogP contribution in [0.4, 0.5) is 0 Å². The van der Waals surface area contributed by atoms with E-state index in [4.69, 9.17) is 0 Å². The maximum Gasteiger partial charge on any atom is 0.132 e. The van der Waals surface area contributed by atoms with Gasteiger partial charge >= 0.3 is 0 Å². The van der Waals surface area contributed by atoms with Crippen LogP contribution in [0.15, 0.2) is 0 Å². The van der Waals surface area contributed by atoms with Crippen molar-refractivity contribution < 1.29 is 35.9 Å². The van der Waals surface area contributed by atoms with E-state index in [1.165, 1.54) is 0 Å². The topological polar surface area (TPSA) is 44.2 Å². The molecule has 0 aliphatic carbocycles. The molecule has 54 valence electrons. The fourth-order valence-corrected chi connectivity index (χ4v) is 0.167. The molecule has 0 aromatic carbocycles. The lowest BCUT2D eigenvalue weighted by atomic mass is 10.4. The van der Waals surface area contributed by atoms with Crippen molar-refractivity contribution in [1.82, 2.24) is 0 Å². The van der Waals surface area contributed by atoms with Crippen molar-refractivity contribution in [2.24, 2.45) is 0 Å². The van der Waals surface area contributed by atoms with Crippen LogP contribution in [-0.2, 0) is 0 Å². The van der Waals surface area contributed by atoms with Gasteiger partial charge in [0.1, 0.15) is 12.6 Å². The summed E-state index contributed by atoms with van der Waals surface area (Å²) in [7, 11) is 2.07. The maximum atomic E-state index is 3.73. The number of rotatable bonds is 2. The molecule has 0 aromatic heterocycles. The molecule has 4 heteroatoms. The van der Waals surface area contributed by atoms with E-state index in [9.17, 15) is 0 Å². The van der Waals surface area contributed by atoms with Gasteiger partial charge in [0.25, 0.3) is 0 Å². The highest BCUT2D eigenvalue weighted by Crippen LogP contribution is 1.54. The first-order valence-corrected chi connectivity index (χ1v) is 2.40. The number of quaternary nitrogens is 2. The fraction of sp³-hybridized carbons (Fsp3) is 1.00. The van der Waals surface area contributed by atoms with Gasteiger partial charge in [-0.25, -0.2) is 0 Å². The van der Waals surface area contributed by atoms with Gasteiger partial charge in [0.05, 0.1) is 7.05 Å². The average molecular weight is 161 g/mol. The Morgan fingerprint density at radius 1 is 1.50 bits per heavy atom. The first-order valence-electron chi connectivity index (χ1n) is 2.40. The van der Waals surface area contributed by atoms with Gasteiger partial charge in [0.15, 0.2) is 0 Å². The number of likely N-dealkylation sites (N-methyl/N-ethyl adjacent to an activating group) is 1. The normalized spacial score (nSPS) is 10.9. The summed E-state index contributed by atoms with van der Waals surface area (Å²) in [6.45, 7) is 3.18. The van der Waals surface area contributed by atoms with E-state index in [0.717, 1.165) is 6.54 Å². The van der Waals surface area contributed by atoms with Crippen LogP contribution >= 0.6 is 0 Å². The molecule has 0 aromatic rings. The molecule has 0 spiro atoms. The van der Waals surface area contributed by atoms with Crippen molar-refractivity contribution in [3.63, 3.8) is 0 Å². The Kier molecular flexibility index (Phi) is 20.7. The monoisotopic (exact) mass is 160 g/mol. The van der Waals surface area contributed by atoms with Gasteiger partial charge in [-0.05, 0) is 6.92 Å². The first kappa shape index (κ1) is 15.8. The molecule has 0 amide bonds. The second-order valence-electron chi connectivity index (χ2n) is 1.60. The van der Waals surface area contributed by atoms with Gasteiger partial charge in [-0.1, -0.05) is 0 Å². The smallest absolute Gasteiger partial charge is 0.132 e. The van der Waals surface area contributed by atoms with Gasteiger partial charge in [-0.2, -0.15) is 0 Å². The number of nitrogens with two attached hydrogens (primary N) is 1. The van der Waals surface area contributed by atoms with Crippen LogP contribution in [0.25, 0.3) is 0 Å². The third kappa shape index (κ3) is 9.71. The quantitative estimate of drug-likeness (QED) is 0.404. The van der Waals surface area contributed by atoms with Gasteiger partial charge in [-0.15, -0.1) is 0 Å². The zero-order valence-corrected chi connectivity index (χ0v) is 6.84. The molecule has 0 aliphatic heterocycles.